The van der Waals surface area contributed by atoms with Crippen molar-refractivity contribution in [3.63, 3.8) is 0 Å². The van der Waals surface area contributed by atoms with Gasteiger partial charge in [-0.2, -0.15) is 0 Å². The van der Waals surface area contributed by atoms with E-state index in [2.05, 4.69) is 22.8 Å². The molecule has 1 saturated heterocycles. The highest BCUT2D eigenvalue weighted by molar-refractivity contribution is 5.81. The van der Waals surface area contributed by atoms with E-state index in [1.54, 1.807) is 0 Å². The lowest BCUT2D eigenvalue weighted by molar-refractivity contribution is -0.147. The van der Waals surface area contributed by atoms with Crippen molar-refractivity contribution in [2.75, 3.05) is 31.7 Å². The van der Waals surface area contributed by atoms with E-state index in [0.29, 0.717) is 26.4 Å². The van der Waals surface area contributed by atoms with Gasteiger partial charge in [0.2, 0.25) is 0 Å². The van der Waals surface area contributed by atoms with Gasteiger partial charge in [0.1, 0.15) is 0 Å². The van der Waals surface area contributed by atoms with Gasteiger partial charge in [0.05, 0.1) is 19.8 Å². The Balaban J connectivity index is 1.62. The summed E-state index contributed by atoms with van der Waals surface area (Å²) in [5.74, 6) is -0.0990. The van der Waals surface area contributed by atoms with Crippen molar-refractivity contribution in [1.29, 1.82) is 0 Å². The number of rotatable bonds is 3. The Hall–Kier alpha value is -1.59. The fourth-order valence-electron chi connectivity index (χ4n) is 2.66. The second kappa shape index (κ2) is 6.24. The molecule has 2 N–H and O–H groups in total. The minimum Gasteiger partial charge on any atom is -0.385 e. The lowest BCUT2D eigenvalue weighted by Gasteiger charge is -2.24. The van der Waals surface area contributed by atoms with Crippen LogP contribution in [0.4, 0.5) is 5.69 Å². The zero-order valence-corrected chi connectivity index (χ0v) is 11.5. The second-order valence-corrected chi connectivity index (χ2v) is 5.13. The molecule has 20 heavy (non-hydrogen) atoms. The van der Waals surface area contributed by atoms with Gasteiger partial charge in [0, 0.05) is 18.8 Å². The number of carbonyl (C=O) groups is 1. The number of ether oxygens (including phenoxy) is 2. The standard InChI is InChI=1S/C15H20N2O3/c18-15(13-10-19-7-8-20-13)17-9-12-4-1-3-11-5-2-6-16-14(11)12/h1,3-4,13,16H,2,5-10H2,(H,17,18). The number of hydrogen-bond acceptors (Lipinski definition) is 4. The number of nitrogens with one attached hydrogen (secondary N) is 2. The van der Waals surface area contributed by atoms with Gasteiger partial charge in [0.15, 0.2) is 6.10 Å². The van der Waals surface area contributed by atoms with Crippen molar-refractivity contribution in [3.8, 4) is 0 Å². The molecule has 5 heteroatoms. The molecule has 0 radical (unpaired) electrons. The summed E-state index contributed by atoms with van der Waals surface area (Å²) in [6.07, 6.45) is 1.79. The van der Waals surface area contributed by atoms with Gasteiger partial charge in [-0.15, -0.1) is 0 Å². The highest BCUT2D eigenvalue weighted by Crippen LogP contribution is 2.25. The molecule has 2 aliphatic heterocycles. The zero-order valence-electron chi connectivity index (χ0n) is 11.5. The molecule has 0 aliphatic carbocycles. The number of carbonyl (C=O) groups excluding carboxylic acids is 1. The maximum absolute atomic E-state index is 12.0. The Bertz CT molecular complexity index is 484. The summed E-state index contributed by atoms with van der Waals surface area (Å²) in [6.45, 7) is 2.92. The lowest BCUT2D eigenvalue weighted by Crippen LogP contribution is -2.42. The van der Waals surface area contributed by atoms with Gasteiger partial charge in [0.25, 0.3) is 5.91 Å². The van der Waals surface area contributed by atoms with Gasteiger partial charge in [-0.05, 0) is 24.0 Å². The molecule has 5 nitrogen and oxygen atoms in total. The van der Waals surface area contributed by atoms with Gasteiger partial charge in [-0.25, -0.2) is 0 Å². The maximum atomic E-state index is 12.0. The van der Waals surface area contributed by atoms with Crippen LogP contribution in [0.25, 0.3) is 0 Å². The van der Waals surface area contributed by atoms with Crippen molar-refractivity contribution in [2.45, 2.75) is 25.5 Å². The van der Waals surface area contributed by atoms with Crippen molar-refractivity contribution >= 4 is 11.6 Å². The molecule has 0 spiro atoms. The van der Waals surface area contributed by atoms with Crippen molar-refractivity contribution in [3.05, 3.63) is 29.3 Å². The number of hydrogen-bond donors (Lipinski definition) is 2. The number of aryl methyl sites for hydroxylation is 1. The van der Waals surface area contributed by atoms with Crippen molar-refractivity contribution < 1.29 is 14.3 Å². The first-order chi connectivity index (χ1) is 9.84. The van der Waals surface area contributed by atoms with E-state index in [0.717, 1.165) is 24.9 Å². The molecule has 1 amide bonds. The summed E-state index contributed by atoms with van der Waals surface area (Å²) in [7, 11) is 0. The first-order valence-electron chi connectivity index (χ1n) is 7.16. The van der Waals surface area contributed by atoms with Gasteiger partial charge >= 0.3 is 0 Å². The molecule has 0 saturated carbocycles. The zero-order chi connectivity index (χ0) is 13.8. The number of fused-ring (bicyclic) bond motifs is 1. The van der Waals surface area contributed by atoms with Crippen LogP contribution in [0.3, 0.4) is 0 Å². The van der Waals surface area contributed by atoms with Crippen LogP contribution in [0.15, 0.2) is 18.2 Å². The van der Waals surface area contributed by atoms with Crippen molar-refractivity contribution in [1.82, 2.24) is 5.32 Å². The predicted molar refractivity (Wildman–Crippen MR) is 75.7 cm³/mol. The Morgan fingerprint density at radius 2 is 2.35 bits per heavy atom. The van der Waals surface area contributed by atoms with Crippen molar-refractivity contribution in [2.24, 2.45) is 0 Å². The molecule has 2 aliphatic rings. The minimum atomic E-state index is -0.476. The average molecular weight is 276 g/mol. The topological polar surface area (TPSA) is 59.6 Å². The van der Waals surface area contributed by atoms with Crippen LogP contribution in [0.1, 0.15) is 17.5 Å². The highest BCUT2D eigenvalue weighted by atomic mass is 16.6. The summed E-state index contributed by atoms with van der Waals surface area (Å²) in [6, 6.07) is 6.24. The molecule has 1 aromatic carbocycles. The molecule has 108 valence electrons. The monoisotopic (exact) mass is 276 g/mol. The normalized spacial score (nSPS) is 21.7. The molecule has 2 heterocycles. The fourth-order valence-corrected chi connectivity index (χ4v) is 2.66. The van der Waals surface area contributed by atoms with Crippen LogP contribution in [0, 0.1) is 0 Å². The van der Waals surface area contributed by atoms with E-state index in [4.69, 9.17) is 9.47 Å². The van der Waals surface area contributed by atoms with Crippen LogP contribution in [-0.2, 0) is 27.2 Å². The summed E-state index contributed by atoms with van der Waals surface area (Å²) >= 11 is 0. The third-order valence-electron chi connectivity index (χ3n) is 3.72. The maximum Gasteiger partial charge on any atom is 0.251 e. The molecule has 0 aromatic heterocycles. The number of anilines is 1. The molecule has 0 bridgehead atoms. The number of para-hydroxylation sites is 1. The Morgan fingerprint density at radius 1 is 1.40 bits per heavy atom. The SMILES string of the molecule is O=C(NCc1cccc2c1NCCC2)C1COCCO1. The van der Waals surface area contributed by atoms with Gasteiger partial charge < -0.3 is 20.1 Å². The van der Waals surface area contributed by atoms with E-state index >= 15 is 0 Å². The summed E-state index contributed by atoms with van der Waals surface area (Å²) in [5.41, 5.74) is 3.65. The van der Waals surface area contributed by atoms with Crippen LogP contribution in [0.2, 0.25) is 0 Å². The Labute approximate surface area is 118 Å². The molecular weight excluding hydrogens is 256 g/mol. The van der Waals surface area contributed by atoms with Crippen LogP contribution in [0.5, 0.6) is 0 Å². The first-order valence-corrected chi connectivity index (χ1v) is 7.16. The van der Waals surface area contributed by atoms with E-state index < -0.39 is 6.10 Å². The summed E-state index contributed by atoms with van der Waals surface area (Å²) < 4.78 is 10.6. The van der Waals surface area contributed by atoms with Gasteiger partial charge in [-0.1, -0.05) is 18.2 Å². The second-order valence-electron chi connectivity index (χ2n) is 5.13. The quantitative estimate of drug-likeness (QED) is 0.867. The predicted octanol–water partition coefficient (Wildman–Crippen LogP) is 1.08. The third kappa shape index (κ3) is 2.94. The number of benzene rings is 1. The summed E-state index contributed by atoms with van der Waals surface area (Å²) in [5, 5.41) is 6.36. The molecule has 1 atom stereocenters. The number of amides is 1. The highest BCUT2D eigenvalue weighted by Gasteiger charge is 2.22. The average Bonchev–Trinajstić information content (AvgIpc) is 2.53. The molecule has 1 unspecified atom stereocenters. The molecule has 1 aromatic rings. The van der Waals surface area contributed by atoms with Gasteiger partial charge in [-0.3, -0.25) is 4.79 Å². The summed E-state index contributed by atoms with van der Waals surface area (Å²) in [4.78, 5) is 12.0. The van der Waals surface area contributed by atoms with E-state index in [9.17, 15) is 4.79 Å². The lowest BCUT2D eigenvalue weighted by atomic mass is 9.99. The van der Waals surface area contributed by atoms with E-state index in [-0.39, 0.29) is 5.91 Å². The van der Waals surface area contributed by atoms with Crippen LogP contribution < -0.4 is 10.6 Å². The molecular formula is C15H20N2O3. The Kier molecular flexibility index (Phi) is 4.18. The molecule has 3 rings (SSSR count). The largest absolute Gasteiger partial charge is 0.385 e. The smallest absolute Gasteiger partial charge is 0.251 e. The third-order valence-corrected chi connectivity index (χ3v) is 3.72. The minimum absolute atomic E-state index is 0.0990. The van der Waals surface area contributed by atoms with E-state index in [1.165, 1.54) is 11.3 Å². The van der Waals surface area contributed by atoms with Crippen LogP contribution >= 0.6 is 0 Å². The first kappa shape index (κ1) is 13.4. The van der Waals surface area contributed by atoms with E-state index in [1.807, 2.05) is 6.07 Å². The fraction of sp³-hybridized carbons (Fsp3) is 0.533. The Morgan fingerprint density at radius 3 is 3.20 bits per heavy atom. The van der Waals surface area contributed by atoms with Crippen LogP contribution in [-0.4, -0.2) is 38.4 Å². The molecule has 1 fully saturated rings.